The van der Waals surface area contributed by atoms with Crippen molar-refractivity contribution in [2.45, 2.75) is 69.1 Å². The standard InChI is InChI=1S/C30H51N11O4S/c1-40(2)18-21(41(3)19-46)17-25(39-27(43)22(32)12-9-15-36-30(34)35)29(45)37-23(13-7-8-14-31)28(44)38-24(26(33)42)16-20-10-5-4-6-11-20/h4-6,10-11,18-19,22-25H,7-9,12-17,31-32H2,1-3H3,(H2,33,42)(H,37,45)(H,38,44)(H,39,43)(H4,34,35,36)/b21-18-. The molecule has 15 nitrogen and oxygen atoms in total. The molecule has 0 aliphatic carbocycles. The van der Waals surface area contributed by atoms with Crippen LogP contribution in [0.5, 0.6) is 0 Å². The van der Waals surface area contributed by atoms with E-state index in [1.54, 1.807) is 37.1 Å². The Morgan fingerprint density at radius 3 is 2.04 bits per heavy atom. The van der Waals surface area contributed by atoms with E-state index in [0.29, 0.717) is 38.0 Å². The number of rotatable bonds is 22. The summed E-state index contributed by atoms with van der Waals surface area (Å²) in [4.78, 5) is 60.0. The second-order valence-corrected chi connectivity index (χ2v) is 11.3. The quantitative estimate of drug-likeness (QED) is 0.0303. The number of carbonyl (C=O) groups excluding carboxylic acids is 4. The summed E-state index contributed by atoms with van der Waals surface area (Å²) in [6.45, 7) is 0.682. The Hall–Kier alpha value is -4.28. The van der Waals surface area contributed by atoms with Gasteiger partial charge in [0.15, 0.2) is 5.96 Å². The molecule has 13 N–H and O–H groups in total. The Balaban J connectivity index is 3.27. The third kappa shape index (κ3) is 15.6. The highest BCUT2D eigenvalue weighted by molar-refractivity contribution is 7.78. The molecule has 4 atom stereocenters. The molecule has 1 aromatic rings. The number of carbonyl (C=O) groups is 4. The second kappa shape index (κ2) is 21.5. The van der Waals surface area contributed by atoms with Gasteiger partial charge in [-0.15, -0.1) is 0 Å². The smallest absolute Gasteiger partial charge is 0.243 e. The molecule has 4 unspecified atom stereocenters. The van der Waals surface area contributed by atoms with E-state index in [4.69, 9.17) is 40.9 Å². The second-order valence-electron chi connectivity index (χ2n) is 11.1. The maximum absolute atomic E-state index is 13.8. The first kappa shape index (κ1) is 39.7. The summed E-state index contributed by atoms with van der Waals surface area (Å²) >= 11 is 5.10. The first-order valence-corrected chi connectivity index (χ1v) is 15.6. The van der Waals surface area contributed by atoms with Crippen molar-refractivity contribution in [2.24, 2.45) is 33.7 Å². The minimum atomic E-state index is -1.14. The molecule has 0 fully saturated rings. The van der Waals surface area contributed by atoms with Crippen LogP contribution < -0.4 is 44.6 Å². The van der Waals surface area contributed by atoms with Crippen LogP contribution in [0.15, 0.2) is 47.2 Å². The Labute approximate surface area is 276 Å². The molecule has 0 radical (unpaired) electrons. The van der Waals surface area contributed by atoms with Crippen molar-refractivity contribution in [3.8, 4) is 0 Å². The number of unbranched alkanes of at least 4 members (excludes halogenated alkanes) is 1. The number of guanidine groups is 1. The van der Waals surface area contributed by atoms with Crippen molar-refractivity contribution in [1.82, 2.24) is 25.8 Å². The molecular weight excluding hydrogens is 610 g/mol. The van der Waals surface area contributed by atoms with Crippen molar-refractivity contribution in [1.29, 1.82) is 0 Å². The lowest BCUT2D eigenvalue weighted by Crippen LogP contribution is -2.58. The first-order valence-electron chi connectivity index (χ1n) is 15.1. The Kier molecular flexibility index (Phi) is 18.5. The highest BCUT2D eigenvalue weighted by Crippen LogP contribution is 2.13. The molecule has 16 heteroatoms. The minimum absolute atomic E-state index is 0.0230. The van der Waals surface area contributed by atoms with Crippen molar-refractivity contribution < 1.29 is 19.2 Å². The zero-order valence-electron chi connectivity index (χ0n) is 27.0. The van der Waals surface area contributed by atoms with E-state index in [0.717, 1.165) is 5.56 Å². The lowest BCUT2D eigenvalue weighted by molar-refractivity contribution is -0.133. The zero-order chi connectivity index (χ0) is 34.6. The molecule has 256 valence electrons. The SMILES string of the molecule is CN(C)/C=C(/CC(NC(=O)C(N)CCCN=C(N)N)C(=O)NC(CCCCN)C(=O)NC(Cc1ccccc1)C(N)=O)N(C)C=S. The van der Waals surface area contributed by atoms with Crippen molar-refractivity contribution in [3.63, 3.8) is 0 Å². The molecule has 0 saturated carbocycles. The van der Waals surface area contributed by atoms with Gasteiger partial charge in [0.2, 0.25) is 23.6 Å². The van der Waals surface area contributed by atoms with Gasteiger partial charge in [0.1, 0.15) is 18.1 Å². The van der Waals surface area contributed by atoms with Crippen LogP contribution in [0.4, 0.5) is 0 Å². The number of hydrogen-bond donors (Lipinski definition) is 8. The van der Waals surface area contributed by atoms with E-state index in [2.05, 4.69) is 20.9 Å². The predicted octanol–water partition coefficient (Wildman–Crippen LogP) is -1.64. The number of thiocarbonyl (C=S) groups is 1. The van der Waals surface area contributed by atoms with E-state index in [-0.39, 0.29) is 31.6 Å². The third-order valence-electron chi connectivity index (χ3n) is 6.89. The molecule has 0 aromatic heterocycles. The number of nitrogens with one attached hydrogen (secondary N) is 3. The van der Waals surface area contributed by atoms with Crippen LogP contribution in [0.3, 0.4) is 0 Å². The van der Waals surface area contributed by atoms with Gasteiger partial charge in [0, 0.05) is 52.4 Å². The van der Waals surface area contributed by atoms with Crippen LogP contribution in [0, 0.1) is 0 Å². The fraction of sp³-hybridized carbons (Fsp3) is 0.533. The number of aliphatic imine (C=N–C) groups is 1. The Morgan fingerprint density at radius 1 is 0.870 bits per heavy atom. The summed E-state index contributed by atoms with van der Waals surface area (Å²) in [5, 5.41) is 8.19. The first-order chi connectivity index (χ1) is 21.8. The van der Waals surface area contributed by atoms with Gasteiger partial charge in [-0.2, -0.15) is 0 Å². The highest BCUT2D eigenvalue weighted by Gasteiger charge is 2.31. The number of nitrogens with zero attached hydrogens (tertiary/aromatic N) is 3. The molecule has 46 heavy (non-hydrogen) atoms. The fourth-order valence-corrected chi connectivity index (χ4v) is 4.52. The topological polar surface area (TPSA) is 253 Å². The van der Waals surface area contributed by atoms with Crippen LogP contribution >= 0.6 is 12.2 Å². The number of benzene rings is 1. The van der Waals surface area contributed by atoms with E-state index in [9.17, 15) is 19.2 Å². The van der Waals surface area contributed by atoms with Crippen LogP contribution in [-0.4, -0.2) is 103 Å². The van der Waals surface area contributed by atoms with Gasteiger partial charge in [-0.1, -0.05) is 42.5 Å². The summed E-state index contributed by atoms with van der Waals surface area (Å²) in [5.74, 6) is -2.57. The molecule has 0 bridgehead atoms. The summed E-state index contributed by atoms with van der Waals surface area (Å²) < 4.78 is 0. The van der Waals surface area contributed by atoms with Crippen LogP contribution in [0.25, 0.3) is 0 Å². The number of primary amides is 1. The number of nitrogens with two attached hydrogens (primary N) is 5. The summed E-state index contributed by atoms with van der Waals surface area (Å²) in [5.41, 5.74) is 30.9. The molecule has 0 aliphatic rings. The molecule has 0 heterocycles. The van der Waals surface area contributed by atoms with Crippen molar-refractivity contribution >= 4 is 47.3 Å². The maximum Gasteiger partial charge on any atom is 0.243 e. The molecule has 0 aliphatic heterocycles. The van der Waals surface area contributed by atoms with Gasteiger partial charge in [-0.3, -0.25) is 24.2 Å². The largest absolute Gasteiger partial charge is 0.382 e. The van der Waals surface area contributed by atoms with E-state index in [1.807, 2.05) is 30.3 Å². The predicted molar refractivity (Wildman–Crippen MR) is 184 cm³/mol. The minimum Gasteiger partial charge on any atom is -0.382 e. The average Bonchev–Trinajstić information content (AvgIpc) is 3.00. The maximum atomic E-state index is 13.8. The van der Waals surface area contributed by atoms with Gasteiger partial charge in [-0.05, 0) is 44.2 Å². The van der Waals surface area contributed by atoms with Gasteiger partial charge >= 0.3 is 0 Å². The number of amides is 4. The highest BCUT2D eigenvalue weighted by atomic mass is 32.1. The molecule has 4 amide bonds. The lowest BCUT2D eigenvalue weighted by Gasteiger charge is -2.28. The van der Waals surface area contributed by atoms with Crippen molar-refractivity contribution in [3.05, 3.63) is 47.8 Å². The third-order valence-corrected chi connectivity index (χ3v) is 7.21. The summed E-state index contributed by atoms with van der Waals surface area (Å²) in [6, 6.07) is 4.95. The van der Waals surface area contributed by atoms with Crippen molar-refractivity contribution in [2.75, 3.05) is 34.2 Å². The Morgan fingerprint density at radius 2 is 1.48 bits per heavy atom. The van der Waals surface area contributed by atoms with Gasteiger partial charge in [0.05, 0.1) is 11.5 Å². The molecule has 1 aromatic carbocycles. The van der Waals surface area contributed by atoms with Gasteiger partial charge < -0.3 is 54.4 Å². The van der Waals surface area contributed by atoms with Gasteiger partial charge in [-0.25, -0.2) is 0 Å². The number of hydrogen-bond acceptors (Lipinski definition) is 9. The fourth-order valence-electron chi connectivity index (χ4n) is 4.38. The van der Waals surface area contributed by atoms with Crippen LogP contribution in [0.1, 0.15) is 44.1 Å². The van der Waals surface area contributed by atoms with Crippen LogP contribution in [-0.2, 0) is 25.6 Å². The Bertz CT molecular complexity index is 1190. The molecule has 0 saturated heterocycles. The molecular formula is C30H51N11O4S. The normalized spacial score (nSPS) is 13.7. The monoisotopic (exact) mass is 661 g/mol. The van der Waals surface area contributed by atoms with E-state index in [1.165, 1.54) is 5.49 Å². The van der Waals surface area contributed by atoms with Gasteiger partial charge in [0.25, 0.3) is 0 Å². The average molecular weight is 662 g/mol. The van der Waals surface area contributed by atoms with Crippen LogP contribution in [0.2, 0.25) is 0 Å². The molecule has 0 spiro atoms. The molecule has 1 rings (SSSR count). The lowest BCUT2D eigenvalue weighted by atomic mass is 10.0. The van der Waals surface area contributed by atoms with E-state index >= 15 is 0 Å². The summed E-state index contributed by atoms with van der Waals surface area (Å²) in [7, 11) is 5.33. The summed E-state index contributed by atoms with van der Waals surface area (Å²) in [6.07, 6.45) is 4.02. The van der Waals surface area contributed by atoms with E-state index < -0.39 is 47.8 Å². The zero-order valence-corrected chi connectivity index (χ0v) is 27.8.